The van der Waals surface area contributed by atoms with E-state index in [1.807, 2.05) is 62.4 Å². The standard InChI is InChI=1S/C22H25N3O2/c1-15-10-11-20(16(2)12-15)23-21(26)14-18(4)24-25-22(27)17(3)13-19-8-6-5-7-9-19/h5-13H,14H2,1-4H3,(H,23,26)(H,25,27)/b17-13+,24-18?. The first-order valence-corrected chi connectivity index (χ1v) is 8.79. The number of nitrogens with zero attached hydrogens (tertiary/aromatic N) is 1. The van der Waals surface area contributed by atoms with Gasteiger partial charge in [-0.1, -0.05) is 48.0 Å². The van der Waals surface area contributed by atoms with Crippen molar-refractivity contribution in [1.82, 2.24) is 5.43 Å². The molecule has 0 aliphatic heterocycles. The highest BCUT2D eigenvalue weighted by atomic mass is 16.2. The Morgan fingerprint density at radius 2 is 1.74 bits per heavy atom. The molecule has 2 amide bonds. The molecule has 5 heteroatoms. The van der Waals surface area contributed by atoms with E-state index in [4.69, 9.17) is 0 Å². The Morgan fingerprint density at radius 3 is 2.41 bits per heavy atom. The van der Waals surface area contributed by atoms with E-state index < -0.39 is 0 Å². The molecule has 5 nitrogen and oxygen atoms in total. The van der Waals surface area contributed by atoms with Crippen LogP contribution in [0.15, 0.2) is 59.2 Å². The summed E-state index contributed by atoms with van der Waals surface area (Å²) in [4.78, 5) is 24.3. The summed E-state index contributed by atoms with van der Waals surface area (Å²) in [6.07, 6.45) is 1.89. The second kappa shape index (κ2) is 9.48. The van der Waals surface area contributed by atoms with Crippen LogP contribution in [0.25, 0.3) is 6.08 Å². The van der Waals surface area contributed by atoms with Crippen LogP contribution in [0, 0.1) is 13.8 Å². The molecule has 0 radical (unpaired) electrons. The summed E-state index contributed by atoms with van der Waals surface area (Å²) >= 11 is 0. The summed E-state index contributed by atoms with van der Waals surface area (Å²) in [5.41, 5.74) is 7.43. The van der Waals surface area contributed by atoms with Crippen molar-refractivity contribution in [3.8, 4) is 0 Å². The molecular formula is C22H25N3O2. The van der Waals surface area contributed by atoms with E-state index in [1.54, 1.807) is 19.9 Å². The molecule has 2 rings (SSSR count). The van der Waals surface area contributed by atoms with Crippen LogP contribution in [0.4, 0.5) is 5.69 Å². The van der Waals surface area contributed by atoms with Gasteiger partial charge in [-0.2, -0.15) is 5.10 Å². The molecule has 0 spiro atoms. The van der Waals surface area contributed by atoms with Crippen molar-refractivity contribution in [3.05, 3.63) is 70.8 Å². The first kappa shape index (κ1) is 20.1. The maximum absolute atomic E-state index is 12.2. The maximum Gasteiger partial charge on any atom is 0.267 e. The highest BCUT2D eigenvalue weighted by Gasteiger charge is 2.08. The van der Waals surface area contributed by atoms with E-state index >= 15 is 0 Å². The lowest BCUT2D eigenvalue weighted by molar-refractivity contribution is -0.117. The summed E-state index contributed by atoms with van der Waals surface area (Å²) in [6.45, 7) is 7.39. The number of benzene rings is 2. The Bertz CT molecular complexity index is 884. The normalized spacial score (nSPS) is 11.9. The highest BCUT2D eigenvalue weighted by molar-refractivity contribution is 6.06. The second-order valence-electron chi connectivity index (χ2n) is 6.57. The number of rotatable bonds is 6. The molecule has 0 heterocycles. The molecule has 140 valence electrons. The van der Waals surface area contributed by atoms with E-state index in [0.29, 0.717) is 11.3 Å². The van der Waals surface area contributed by atoms with Gasteiger partial charge in [0.05, 0.1) is 6.42 Å². The van der Waals surface area contributed by atoms with Crippen LogP contribution in [-0.4, -0.2) is 17.5 Å². The SMILES string of the molecule is CC(CC(=O)Nc1ccc(C)cc1C)=NNC(=O)/C(C)=C/c1ccccc1. The zero-order valence-electron chi connectivity index (χ0n) is 16.2. The van der Waals surface area contributed by atoms with Gasteiger partial charge < -0.3 is 5.32 Å². The molecule has 0 aliphatic rings. The Labute approximate surface area is 160 Å². The molecule has 0 bridgehead atoms. The van der Waals surface area contributed by atoms with Crippen LogP contribution < -0.4 is 10.7 Å². The Kier molecular flexibility index (Phi) is 7.06. The van der Waals surface area contributed by atoms with Crippen LogP contribution in [-0.2, 0) is 9.59 Å². The van der Waals surface area contributed by atoms with Gasteiger partial charge in [0.15, 0.2) is 0 Å². The molecule has 0 atom stereocenters. The van der Waals surface area contributed by atoms with Crippen molar-refractivity contribution in [2.24, 2.45) is 5.10 Å². The minimum atomic E-state index is -0.298. The Hall–Kier alpha value is -3.21. The minimum Gasteiger partial charge on any atom is -0.326 e. The number of aryl methyl sites for hydroxylation is 2. The molecule has 2 aromatic rings. The van der Waals surface area contributed by atoms with Gasteiger partial charge in [-0.15, -0.1) is 0 Å². The van der Waals surface area contributed by atoms with Gasteiger partial charge in [0.25, 0.3) is 5.91 Å². The third-order valence-electron chi connectivity index (χ3n) is 3.96. The van der Waals surface area contributed by atoms with Crippen LogP contribution >= 0.6 is 0 Å². The fraction of sp³-hybridized carbons (Fsp3) is 0.227. The molecule has 0 unspecified atom stereocenters. The number of carbonyl (C=O) groups excluding carboxylic acids is 2. The van der Waals surface area contributed by atoms with Crippen LogP contribution in [0.2, 0.25) is 0 Å². The highest BCUT2D eigenvalue weighted by Crippen LogP contribution is 2.16. The predicted octanol–water partition coefficient (Wildman–Crippen LogP) is 4.23. The summed E-state index contributed by atoms with van der Waals surface area (Å²) in [7, 11) is 0. The van der Waals surface area contributed by atoms with Gasteiger partial charge in [0.1, 0.15) is 0 Å². The van der Waals surface area contributed by atoms with E-state index in [0.717, 1.165) is 22.4 Å². The Morgan fingerprint density at radius 1 is 1.04 bits per heavy atom. The summed E-state index contributed by atoms with van der Waals surface area (Å²) in [5, 5.41) is 6.89. The third kappa shape index (κ3) is 6.55. The van der Waals surface area contributed by atoms with E-state index in [9.17, 15) is 9.59 Å². The first-order valence-electron chi connectivity index (χ1n) is 8.79. The maximum atomic E-state index is 12.2. The average molecular weight is 363 g/mol. The minimum absolute atomic E-state index is 0.106. The van der Waals surface area contributed by atoms with Gasteiger partial charge in [-0.05, 0) is 51.0 Å². The van der Waals surface area contributed by atoms with Gasteiger partial charge in [-0.3, -0.25) is 9.59 Å². The van der Waals surface area contributed by atoms with Crippen LogP contribution in [0.3, 0.4) is 0 Å². The fourth-order valence-corrected chi connectivity index (χ4v) is 2.52. The topological polar surface area (TPSA) is 70.6 Å². The van der Waals surface area contributed by atoms with Crippen molar-refractivity contribution >= 4 is 29.3 Å². The van der Waals surface area contributed by atoms with Crippen molar-refractivity contribution in [3.63, 3.8) is 0 Å². The van der Waals surface area contributed by atoms with Gasteiger partial charge in [0, 0.05) is 17.0 Å². The quantitative estimate of drug-likeness (QED) is 0.458. The molecular weight excluding hydrogens is 338 g/mol. The zero-order chi connectivity index (χ0) is 19.8. The third-order valence-corrected chi connectivity index (χ3v) is 3.96. The van der Waals surface area contributed by atoms with Crippen molar-refractivity contribution in [2.75, 3.05) is 5.32 Å². The molecule has 0 aliphatic carbocycles. The van der Waals surface area contributed by atoms with Crippen LogP contribution in [0.1, 0.15) is 37.0 Å². The molecule has 2 N–H and O–H groups in total. The monoisotopic (exact) mass is 363 g/mol. The lowest BCUT2D eigenvalue weighted by Crippen LogP contribution is -2.22. The van der Waals surface area contributed by atoms with E-state index in [1.165, 1.54) is 0 Å². The van der Waals surface area contributed by atoms with Crippen molar-refractivity contribution < 1.29 is 9.59 Å². The number of hydrazone groups is 1. The Balaban J connectivity index is 1.90. The number of anilines is 1. The van der Waals surface area contributed by atoms with Crippen molar-refractivity contribution in [1.29, 1.82) is 0 Å². The van der Waals surface area contributed by atoms with Crippen molar-refractivity contribution in [2.45, 2.75) is 34.1 Å². The van der Waals surface area contributed by atoms with E-state index in [2.05, 4.69) is 15.8 Å². The van der Waals surface area contributed by atoms with Gasteiger partial charge in [0.2, 0.25) is 5.91 Å². The number of hydrogen-bond acceptors (Lipinski definition) is 3. The summed E-state index contributed by atoms with van der Waals surface area (Å²) < 4.78 is 0. The zero-order valence-corrected chi connectivity index (χ0v) is 16.2. The molecule has 0 saturated heterocycles. The molecule has 27 heavy (non-hydrogen) atoms. The summed E-state index contributed by atoms with van der Waals surface area (Å²) in [6, 6.07) is 15.4. The van der Waals surface area contributed by atoms with Gasteiger partial charge >= 0.3 is 0 Å². The average Bonchev–Trinajstić information content (AvgIpc) is 2.62. The number of carbonyl (C=O) groups is 2. The molecule has 0 saturated carbocycles. The lowest BCUT2D eigenvalue weighted by Gasteiger charge is -2.09. The molecule has 0 fully saturated rings. The summed E-state index contributed by atoms with van der Waals surface area (Å²) in [5.74, 6) is -0.470. The molecule has 0 aromatic heterocycles. The number of nitrogens with one attached hydrogen (secondary N) is 2. The smallest absolute Gasteiger partial charge is 0.267 e. The van der Waals surface area contributed by atoms with Crippen LogP contribution in [0.5, 0.6) is 0 Å². The predicted molar refractivity (Wildman–Crippen MR) is 111 cm³/mol. The largest absolute Gasteiger partial charge is 0.326 e. The molecule has 2 aromatic carbocycles. The number of hydrogen-bond donors (Lipinski definition) is 2. The van der Waals surface area contributed by atoms with Gasteiger partial charge in [-0.25, -0.2) is 5.43 Å². The second-order valence-corrected chi connectivity index (χ2v) is 6.57. The number of amides is 2. The van der Waals surface area contributed by atoms with E-state index in [-0.39, 0.29) is 18.2 Å². The fourth-order valence-electron chi connectivity index (χ4n) is 2.52. The lowest BCUT2D eigenvalue weighted by atomic mass is 10.1. The first-order chi connectivity index (χ1) is 12.8.